The molecule has 0 aromatic carbocycles. The highest BCUT2D eigenvalue weighted by atomic mass is 16.2. The fraction of sp³-hybridized carbons (Fsp3) is 0.929. The summed E-state index contributed by atoms with van der Waals surface area (Å²) in [5.41, 5.74) is 0. The van der Waals surface area contributed by atoms with Crippen molar-refractivity contribution in [2.75, 3.05) is 26.2 Å². The molecular formula is C14H27N3O. The SMILES string of the molecule is CC1CCCC(C)N1C(=O)CN1CCN[C@H](C)C1. The van der Waals surface area contributed by atoms with Crippen molar-refractivity contribution >= 4 is 5.91 Å². The van der Waals surface area contributed by atoms with Crippen LogP contribution < -0.4 is 5.32 Å². The van der Waals surface area contributed by atoms with Crippen molar-refractivity contribution in [2.24, 2.45) is 0 Å². The second kappa shape index (κ2) is 6.02. The summed E-state index contributed by atoms with van der Waals surface area (Å²) >= 11 is 0. The number of hydrogen-bond acceptors (Lipinski definition) is 3. The van der Waals surface area contributed by atoms with Gasteiger partial charge in [-0.25, -0.2) is 0 Å². The standard InChI is InChI=1S/C14H27N3O/c1-11-9-16(8-7-15-11)10-14(18)17-12(2)5-4-6-13(17)3/h11-13,15H,4-10H2,1-3H3/t11-,12?,13?/m1/s1. The van der Waals surface area contributed by atoms with Gasteiger partial charge >= 0.3 is 0 Å². The van der Waals surface area contributed by atoms with Gasteiger partial charge in [-0.3, -0.25) is 9.69 Å². The van der Waals surface area contributed by atoms with Gasteiger partial charge in [0.25, 0.3) is 0 Å². The van der Waals surface area contributed by atoms with Crippen LogP contribution in [0.15, 0.2) is 0 Å². The maximum Gasteiger partial charge on any atom is 0.237 e. The van der Waals surface area contributed by atoms with E-state index in [2.05, 4.69) is 35.9 Å². The Morgan fingerprint density at radius 3 is 2.50 bits per heavy atom. The van der Waals surface area contributed by atoms with Gasteiger partial charge in [0.1, 0.15) is 0 Å². The van der Waals surface area contributed by atoms with E-state index in [4.69, 9.17) is 0 Å². The lowest BCUT2D eigenvalue weighted by Crippen LogP contribution is -2.55. The van der Waals surface area contributed by atoms with Crippen molar-refractivity contribution in [3.63, 3.8) is 0 Å². The highest BCUT2D eigenvalue weighted by Gasteiger charge is 2.30. The molecule has 2 saturated heterocycles. The van der Waals surface area contributed by atoms with E-state index in [1.165, 1.54) is 6.42 Å². The summed E-state index contributed by atoms with van der Waals surface area (Å²) in [6, 6.07) is 1.34. The minimum atomic E-state index is 0.323. The number of nitrogens with zero attached hydrogens (tertiary/aromatic N) is 2. The van der Waals surface area contributed by atoms with Crippen LogP contribution in [-0.4, -0.2) is 60.0 Å². The molecule has 2 rings (SSSR count). The van der Waals surface area contributed by atoms with Crippen LogP contribution >= 0.6 is 0 Å². The molecule has 0 saturated carbocycles. The number of amides is 1. The Labute approximate surface area is 111 Å². The Morgan fingerprint density at radius 1 is 1.22 bits per heavy atom. The largest absolute Gasteiger partial charge is 0.336 e. The number of likely N-dealkylation sites (tertiary alicyclic amines) is 1. The molecular weight excluding hydrogens is 226 g/mol. The molecule has 2 fully saturated rings. The van der Waals surface area contributed by atoms with E-state index < -0.39 is 0 Å². The average Bonchev–Trinajstić information content (AvgIpc) is 2.28. The Bertz CT molecular complexity index is 285. The second-order valence-corrected chi connectivity index (χ2v) is 6.02. The van der Waals surface area contributed by atoms with Crippen LogP contribution in [0, 0.1) is 0 Å². The third-order valence-electron chi connectivity index (χ3n) is 4.29. The summed E-state index contributed by atoms with van der Waals surface area (Å²) < 4.78 is 0. The van der Waals surface area contributed by atoms with E-state index in [0.717, 1.165) is 32.5 Å². The Balaban J connectivity index is 1.89. The molecule has 4 nitrogen and oxygen atoms in total. The molecule has 0 spiro atoms. The fourth-order valence-corrected chi connectivity index (χ4v) is 3.34. The van der Waals surface area contributed by atoms with Crippen LogP contribution in [-0.2, 0) is 4.79 Å². The topological polar surface area (TPSA) is 35.6 Å². The predicted octanol–water partition coefficient (Wildman–Crippen LogP) is 1.07. The Morgan fingerprint density at radius 2 is 1.89 bits per heavy atom. The highest BCUT2D eigenvalue weighted by molar-refractivity contribution is 5.79. The molecule has 0 bridgehead atoms. The van der Waals surface area contributed by atoms with Crippen molar-refractivity contribution in [3.05, 3.63) is 0 Å². The van der Waals surface area contributed by atoms with Gasteiger partial charge in [-0.1, -0.05) is 0 Å². The molecule has 3 atom stereocenters. The van der Waals surface area contributed by atoms with Gasteiger partial charge in [-0.2, -0.15) is 0 Å². The van der Waals surface area contributed by atoms with E-state index >= 15 is 0 Å². The first-order valence-corrected chi connectivity index (χ1v) is 7.35. The Hall–Kier alpha value is -0.610. The fourth-order valence-electron chi connectivity index (χ4n) is 3.34. The molecule has 2 aliphatic rings. The van der Waals surface area contributed by atoms with Crippen LogP contribution in [0.3, 0.4) is 0 Å². The lowest BCUT2D eigenvalue weighted by Gasteiger charge is -2.41. The summed E-state index contributed by atoms with van der Waals surface area (Å²) in [5.74, 6) is 0.323. The maximum absolute atomic E-state index is 12.5. The molecule has 0 radical (unpaired) electrons. The smallest absolute Gasteiger partial charge is 0.237 e. The zero-order valence-electron chi connectivity index (χ0n) is 12.0. The number of piperazine rings is 1. The normalized spacial score (nSPS) is 34.6. The van der Waals surface area contributed by atoms with Crippen molar-refractivity contribution < 1.29 is 4.79 Å². The first kappa shape index (κ1) is 13.8. The van der Waals surface area contributed by atoms with E-state index in [1.807, 2.05) is 0 Å². The third-order valence-corrected chi connectivity index (χ3v) is 4.29. The molecule has 0 aliphatic carbocycles. The lowest BCUT2D eigenvalue weighted by atomic mass is 9.97. The van der Waals surface area contributed by atoms with E-state index in [0.29, 0.717) is 30.6 Å². The van der Waals surface area contributed by atoms with Crippen LogP contribution in [0.2, 0.25) is 0 Å². The average molecular weight is 253 g/mol. The second-order valence-electron chi connectivity index (χ2n) is 6.02. The van der Waals surface area contributed by atoms with Gasteiger partial charge in [-0.05, 0) is 40.0 Å². The minimum Gasteiger partial charge on any atom is -0.336 e. The van der Waals surface area contributed by atoms with E-state index in [1.54, 1.807) is 0 Å². The molecule has 0 aromatic heterocycles. The molecule has 4 heteroatoms. The number of carbonyl (C=O) groups excluding carboxylic acids is 1. The van der Waals surface area contributed by atoms with Crippen LogP contribution in [0.1, 0.15) is 40.0 Å². The first-order valence-electron chi connectivity index (χ1n) is 7.35. The minimum absolute atomic E-state index is 0.323. The number of hydrogen-bond donors (Lipinski definition) is 1. The van der Waals surface area contributed by atoms with Crippen LogP contribution in [0.4, 0.5) is 0 Å². The van der Waals surface area contributed by atoms with Gasteiger partial charge in [0, 0.05) is 37.8 Å². The number of carbonyl (C=O) groups is 1. The summed E-state index contributed by atoms with van der Waals surface area (Å²) in [6.45, 7) is 10.1. The molecule has 1 amide bonds. The predicted molar refractivity (Wildman–Crippen MR) is 73.5 cm³/mol. The van der Waals surface area contributed by atoms with Gasteiger partial charge in [0.2, 0.25) is 5.91 Å². The molecule has 2 unspecified atom stereocenters. The molecule has 1 N–H and O–H groups in total. The third kappa shape index (κ3) is 3.23. The maximum atomic E-state index is 12.5. The summed E-state index contributed by atoms with van der Waals surface area (Å²) in [4.78, 5) is 16.9. The monoisotopic (exact) mass is 253 g/mol. The number of rotatable bonds is 2. The van der Waals surface area contributed by atoms with Crippen LogP contribution in [0.5, 0.6) is 0 Å². The molecule has 2 heterocycles. The zero-order valence-corrected chi connectivity index (χ0v) is 12.0. The lowest BCUT2D eigenvalue weighted by molar-refractivity contribution is -0.138. The van der Waals surface area contributed by atoms with E-state index in [-0.39, 0.29) is 0 Å². The van der Waals surface area contributed by atoms with Crippen molar-refractivity contribution in [1.29, 1.82) is 0 Å². The van der Waals surface area contributed by atoms with Gasteiger partial charge in [0.15, 0.2) is 0 Å². The van der Waals surface area contributed by atoms with Gasteiger partial charge < -0.3 is 10.2 Å². The number of nitrogens with one attached hydrogen (secondary N) is 1. The summed E-state index contributed by atoms with van der Waals surface area (Å²) in [5, 5.41) is 3.42. The van der Waals surface area contributed by atoms with Crippen molar-refractivity contribution in [3.8, 4) is 0 Å². The van der Waals surface area contributed by atoms with Crippen LogP contribution in [0.25, 0.3) is 0 Å². The van der Waals surface area contributed by atoms with E-state index in [9.17, 15) is 4.79 Å². The number of piperidine rings is 1. The zero-order chi connectivity index (χ0) is 13.1. The Kier molecular flexibility index (Phi) is 4.62. The molecule has 0 aromatic rings. The van der Waals surface area contributed by atoms with Gasteiger partial charge in [-0.15, -0.1) is 0 Å². The first-order chi connectivity index (χ1) is 8.58. The van der Waals surface area contributed by atoms with Crippen molar-refractivity contribution in [1.82, 2.24) is 15.1 Å². The summed E-state index contributed by atoms with van der Waals surface area (Å²) in [6.07, 6.45) is 3.58. The molecule has 18 heavy (non-hydrogen) atoms. The van der Waals surface area contributed by atoms with Gasteiger partial charge in [0.05, 0.1) is 6.54 Å². The quantitative estimate of drug-likeness (QED) is 0.799. The van der Waals surface area contributed by atoms with Crippen molar-refractivity contribution in [2.45, 2.75) is 58.2 Å². The highest BCUT2D eigenvalue weighted by Crippen LogP contribution is 2.22. The summed E-state index contributed by atoms with van der Waals surface area (Å²) in [7, 11) is 0. The molecule has 104 valence electrons. The molecule has 2 aliphatic heterocycles.